The van der Waals surface area contributed by atoms with E-state index in [-0.39, 0.29) is 16.8 Å². The van der Waals surface area contributed by atoms with Crippen LogP contribution < -0.4 is 5.32 Å². The number of rotatable bonds is 2. The van der Waals surface area contributed by atoms with Crippen LogP contribution in [-0.2, 0) is 0 Å². The lowest BCUT2D eigenvalue weighted by Crippen LogP contribution is -2.14. The third-order valence-electron chi connectivity index (χ3n) is 2.28. The zero-order chi connectivity index (χ0) is 13.1. The van der Waals surface area contributed by atoms with Crippen LogP contribution in [-0.4, -0.2) is 15.9 Å². The number of carbonyl (C=O) groups excluding carboxylic acids is 1. The average molecular weight is 374 g/mol. The van der Waals surface area contributed by atoms with Crippen molar-refractivity contribution in [1.82, 2.24) is 9.97 Å². The highest BCUT2D eigenvalue weighted by molar-refractivity contribution is 14.1. The molecule has 1 N–H and O–H groups in total. The topological polar surface area (TPSA) is 54.9 Å². The Bertz CT molecular complexity index is 586. The monoisotopic (exact) mass is 373 g/mol. The summed E-state index contributed by atoms with van der Waals surface area (Å²) < 4.78 is 1.09. The molecule has 0 unspecified atom stereocenters. The van der Waals surface area contributed by atoms with Crippen LogP contribution in [0.4, 0.5) is 5.69 Å². The molecule has 1 aromatic carbocycles. The molecule has 18 heavy (non-hydrogen) atoms. The zero-order valence-corrected chi connectivity index (χ0v) is 12.4. The lowest BCUT2D eigenvalue weighted by Gasteiger charge is -2.06. The molecule has 0 fully saturated rings. The maximum absolute atomic E-state index is 11.9. The minimum atomic E-state index is -0.307. The molecule has 0 aliphatic rings. The summed E-state index contributed by atoms with van der Waals surface area (Å²) >= 11 is 7.83. The summed E-state index contributed by atoms with van der Waals surface area (Å²) in [5.41, 5.74) is 2.13. The van der Waals surface area contributed by atoms with Crippen LogP contribution in [0.1, 0.15) is 16.1 Å². The van der Waals surface area contributed by atoms with E-state index in [2.05, 4.69) is 37.9 Å². The van der Waals surface area contributed by atoms with Gasteiger partial charge >= 0.3 is 0 Å². The molecule has 0 radical (unpaired) electrons. The summed E-state index contributed by atoms with van der Waals surface area (Å²) in [6, 6.07) is 5.70. The van der Waals surface area contributed by atoms with Crippen LogP contribution in [0, 0.1) is 10.5 Å². The molecule has 0 saturated carbocycles. The van der Waals surface area contributed by atoms with E-state index in [4.69, 9.17) is 11.6 Å². The van der Waals surface area contributed by atoms with Crippen LogP contribution in [0.5, 0.6) is 0 Å². The summed E-state index contributed by atoms with van der Waals surface area (Å²) in [7, 11) is 0. The second-order valence-electron chi connectivity index (χ2n) is 3.64. The SMILES string of the molecule is Cc1ccc(NC(=O)c2cnc(Cl)cn2)cc1I. The van der Waals surface area contributed by atoms with Crippen LogP contribution in [0.15, 0.2) is 30.6 Å². The number of anilines is 1. The molecule has 0 saturated heterocycles. The molecule has 92 valence electrons. The molecule has 6 heteroatoms. The maximum atomic E-state index is 11.9. The van der Waals surface area contributed by atoms with Gasteiger partial charge in [0.15, 0.2) is 0 Å². The number of benzene rings is 1. The molecule has 4 nitrogen and oxygen atoms in total. The van der Waals surface area contributed by atoms with Crippen molar-refractivity contribution >= 4 is 45.8 Å². The normalized spacial score (nSPS) is 10.2. The Hall–Kier alpha value is -1.21. The number of aromatic nitrogens is 2. The van der Waals surface area contributed by atoms with Gasteiger partial charge in [-0.1, -0.05) is 17.7 Å². The minimum Gasteiger partial charge on any atom is -0.321 e. The molecule has 1 amide bonds. The van der Waals surface area contributed by atoms with Gasteiger partial charge in [-0.2, -0.15) is 0 Å². The highest BCUT2D eigenvalue weighted by atomic mass is 127. The molecule has 0 aliphatic carbocycles. The van der Waals surface area contributed by atoms with E-state index in [0.29, 0.717) is 0 Å². The summed E-state index contributed by atoms with van der Waals surface area (Å²) in [5, 5.41) is 3.02. The number of carbonyl (C=O) groups is 1. The molecule has 2 aromatic rings. The Labute approximate surface area is 123 Å². The van der Waals surface area contributed by atoms with E-state index in [1.807, 2.05) is 25.1 Å². The summed E-state index contributed by atoms with van der Waals surface area (Å²) in [5.74, 6) is -0.307. The van der Waals surface area contributed by atoms with Gasteiger partial charge in [0.05, 0.1) is 12.4 Å². The Balaban J connectivity index is 2.16. The number of nitrogens with one attached hydrogen (secondary N) is 1. The van der Waals surface area contributed by atoms with Crippen molar-refractivity contribution in [3.63, 3.8) is 0 Å². The zero-order valence-electron chi connectivity index (χ0n) is 9.45. The van der Waals surface area contributed by atoms with Gasteiger partial charge in [-0.05, 0) is 47.2 Å². The second kappa shape index (κ2) is 5.62. The second-order valence-corrected chi connectivity index (χ2v) is 5.19. The standard InChI is InChI=1S/C12H9ClIN3O/c1-7-2-3-8(4-9(7)14)17-12(18)10-5-16-11(13)6-15-10/h2-6H,1H3,(H,17,18). The fourth-order valence-corrected chi connectivity index (χ4v) is 1.91. The molecule has 1 aromatic heterocycles. The van der Waals surface area contributed by atoms with Crippen molar-refractivity contribution in [1.29, 1.82) is 0 Å². The van der Waals surface area contributed by atoms with E-state index in [0.717, 1.165) is 9.26 Å². The first-order valence-electron chi connectivity index (χ1n) is 5.11. The molecule has 0 bridgehead atoms. The Kier molecular flexibility index (Phi) is 4.13. The molecular weight excluding hydrogens is 365 g/mol. The first-order valence-corrected chi connectivity index (χ1v) is 6.57. The van der Waals surface area contributed by atoms with Crippen molar-refractivity contribution in [2.24, 2.45) is 0 Å². The van der Waals surface area contributed by atoms with Crippen molar-refractivity contribution < 1.29 is 4.79 Å². The lowest BCUT2D eigenvalue weighted by atomic mass is 10.2. The highest BCUT2D eigenvalue weighted by Gasteiger charge is 2.08. The van der Waals surface area contributed by atoms with Gasteiger partial charge < -0.3 is 5.32 Å². The van der Waals surface area contributed by atoms with Gasteiger partial charge in [0.2, 0.25) is 0 Å². The maximum Gasteiger partial charge on any atom is 0.275 e. The van der Waals surface area contributed by atoms with E-state index in [1.54, 1.807) is 0 Å². The number of halogens is 2. The third kappa shape index (κ3) is 3.17. The van der Waals surface area contributed by atoms with E-state index < -0.39 is 0 Å². The van der Waals surface area contributed by atoms with Gasteiger partial charge in [-0.15, -0.1) is 0 Å². The van der Waals surface area contributed by atoms with Crippen molar-refractivity contribution in [2.45, 2.75) is 6.92 Å². The van der Waals surface area contributed by atoms with Gasteiger partial charge in [0.25, 0.3) is 5.91 Å². The number of nitrogens with zero attached hydrogens (tertiary/aromatic N) is 2. The van der Waals surface area contributed by atoms with E-state index in [1.165, 1.54) is 18.0 Å². The lowest BCUT2D eigenvalue weighted by molar-refractivity contribution is 0.102. The Morgan fingerprint density at radius 2 is 2.11 bits per heavy atom. The fraction of sp³-hybridized carbons (Fsp3) is 0.0833. The van der Waals surface area contributed by atoms with Gasteiger partial charge in [-0.25, -0.2) is 9.97 Å². The third-order valence-corrected chi connectivity index (χ3v) is 3.64. The molecule has 1 heterocycles. The molecule has 0 atom stereocenters. The number of amides is 1. The quantitative estimate of drug-likeness (QED) is 0.822. The van der Waals surface area contributed by atoms with Crippen LogP contribution in [0.25, 0.3) is 0 Å². The first-order chi connectivity index (χ1) is 8.56. The molecular formula is C12H9ClIN3O. The fourth-order valence-electron chi connectivity index (χ4n) is 1.30. The highest BCUT2D eigenvalue weighted by Crippen LogP contribution is 2.17. The van der Waals surface area contributed by atoms with Gasteiger partial charge in [0.1, 0.15) is 10.8 Å². The molecule has 2 rings (SSSR count). The average Bonchev–Trinajstić information content (AvgIpc) is 2.34. The van der Waals surface area contributed by atoms with Crippen LogP contribution in [0.2, 0.25) is 5.15 Å². The number of hydrogen-bond acceptors (Lipinski definition) is 3. The largest absolute Gasteiger partial charge is 0.321 e. The molecule has 0 spiro atoms. The summed E-state index contributed by atoms with van der Waals surface area (Å²) in [6.45, 7) is 2.01. The van der Waals surface area contributed by atoms with Crippen molar-refractivity contribution in [3.05, 3.63) is 50.6 Å². The number of hydrogen-bond donors (Lipinski definition) is 1. The minimum absolute atomic E-state index is 0.231. The molecule has 0 aliphatic heterocycles. The van der Waals surface area contributed by atoms with E-state index in [9.17, 15) is 4.79 Å². The first kappa shape index (κ1) is 13.2. The van der Waals surface area contributed by atoms with Gasteiger partial charge in [0, 0.05) is 9.26 Å². The predicted molar refractivity (Wildman–Crippen MR) is 78.9 cm³/mol. The van der Waals surface area contributed by atoms with Crippen molar-refractivity contribution in [2.75, 3.05) is 5.32 Å². The van der Waals surface area contributed by atoms with E-state index >= 15 is 0 Å². The van der Waals surface area contributed by atoms with Crippen LogP contribution in [0.3, 0.4) is 0 Å². The Morgan fingerprint density at radius 1 is 1.33 bits per heavy atom. The van der Waals surface area contributed by atoms with Crippen molar-refractivity contribution in [3.8, 4) is 0 Å². The Morgan fingerprint density at radius 3 is 2.72 bits per heavy atom. The number of aryl methyl sites for hydroxylation is 1. The van der Waals surface area contributed by atoms with Crippen LogP contribution >= 0.6 is 34.2 Å². The predicted octanol–water partition coefficient (Wildman–Crippen LogP) is 3.30. The smallest absolute Gasteiger partial charge is 0.275 e. The summed E-state index contributed by atoms with van der Waals surface area (Å²) in [4.78, 5) is 19.6. The summed E-state index contributed by atoms with van der Waals surface area (Å²) in [6.07, 6.45) is 2.69. The van der Waals surface area contributed by atoms with Gasteiger partial charge in [-0.3, -0.25) is 4.79 Å².